The topological polar surface area (TPSA) is 184 Å². The number of carbonyl (C=O) groups excluding carboxylic acids is 5. The third-order valence-electron chi connectivity index (χ3n) is 7.04. The van der Waals surface area contributed by atoms with Gasteiger partial charge in [0.2, 0.25) is 5.60 Å². The van der Waals surface area contributed by atoms with Gasteiger partial charge in [-0.2, -0.15) is 0 Å². The Hall–Kier alpha value is -4.35. The number of nitrogens with zero attached hydrogens (tertiary/aromatic N) is 3. The van der Waals surface area contributed by atoms with Crippen molar-refractivity contribution in [3.8, 4) is 5.75 Å². The van der Waals surface area contributed by atoms with Crippen LogP contribution in [0.5, 0.6) is 5.75 Å². The zero-order valence-electron chi connectivity index (χ0n) is 30.3. The van der Waals surface area contributed by atoms with Crippen LogP contribution in [0.15, 0.2) is 46.1 Å². The number of oxime groups is 1. The summed E-state index contributed by atoms with van der Waals surface area (Å²) < 4.78 is 21.4. The van der Waals surface area contributed by atoms with Crippen molar-refractivity contribution in [2.75, 3.05) is 24.1 Å². The van der Waals surface area contributed by atoms with Gasteiger partial charge in [0.1, 0.15) is 46.4 Å². The van der Waals surface area contributed by atoms with E-state index in [9.17, 15) is 24.0 Å². The number of carbonyl (C=O) groups is 5. The van der Waals surface area contributed by atoms with Gasteiger partial charge in [0.05, 0.1) is 7.11 Å². The standard InChI is InChI=1S/C34H42ClN5O10S2/c1-32(2,3)48-29(44)34(7,8)50-39-22(21-17-52-30(36-21)38-31(45)49-33(4,5)6)25(41)37-23-26(42)40-24(19(14-35)16-51-27(23)40)28(43)47-15-18-10-12-20(46-9)13-11-18/h10-13,17,23,27H,14-16H2,1-9H3,(H,37,41)(H,36,38,45)/t23-,27-/m1/s1. The van der Waals surface area contributed by atoms with E-state index in [0.29, 0.717) is 22.6 Å². The Morgan fingerprint density at radius 3 is 2.27 bits per heavy atom. The highest BCUT2D eigenvalue weighted by Gasteiger charge is 2.54. The number of hydrogen-bond donors (Lipinski definition) is 2. The molecular weight excluding hydrogens is 738 g/mol. The molecule has 1 aromatic heterocycles. The lowest BCUT2D eigenvalue weighted by atomic mass is 10.0. The summed E-state index contributed by atoms with van der Waals surface area (Å²) in [5.41, 5.74) is -2.42. The van der Waals surface area contributed by atoms with Gasteiger partial charge in [-0.25, -0.2) is 19.4 Å². The number of ether oxygens (including phenoxy) is 4. The van der Waals surface area contributed by atoms with E-state index in [0.717, 1.165) is 11.3 Å². The maximum Gasteiger partial charge on any atom is 0.413 e. The first kappa shape index (κ1) is 40.4. The SMILES string of the molecule is COc1ccc(COC(=O)C2=C(CCl)CS[C@@H]3[C@H](NC(=O)C(=NOC(C)(C)C(=O)OC(C)(C)C)c4csc(NC(=O)OC(C)(C)C)n4)C(=O)N23)cc1. The van der Waals surface area contributed by atoms with Crippen molar-refractivity contribution in [2.45, 2.75) is 90.2 Å². The van der Waals surface area contributed by atoms with E-state index in [-0.39, 0.29) is 29.0 Å². The summed E-state index contributed by atoms with van der Waals surface area (Å²) in [5.74, 6) is -2.00. The number of esters is 2. The fourth-order valence-electron chi connectivity index (χ4n) is 4.56. The average Bonchev–Trinajstić information content (AvgIpc) is 3.51. The fourth-order valence-corrected chi connectivity index (χ4v) is 6.92. The van der Waals surface area contributed by atoms with Crippen LogP contribution in [0.1, 0.15) is 66.6 Å². The van der Waals surface area contributed by atoms with Crippen molar-refractivity contribution in [1.82, 2.24) is 15.2 Å². The summed E-state index contributed by atoms with van der Waals surface area (Å²) in [5, 5.41) is 10.0. The molecule has 2 atom stereocenters. The van der Waals surface area contributed by atoms with Crippen molar-refractivity contribution in [3.05, 3.63) is 52.2 Å². The lowest BCUT2D eigenvalue weighted by molar-refractivity contribution is -0.179. The predicted molar refractivity (Wildman–Crippen MR) is 195 cm³/mol. The summed E-state index contributed by atoms with van der Waals surface area (Å²) in [7, 11) is 1.54. The number of anilines is 1. The molecule has 15 nitrogen and oxygen atoms in total. The van der Waals surface area contributed by atoms with Crippen LogP contribution in [0, 0.1) is 0 Å². The Morgan fingerprint density at radius 2 is 1.67 bits per heavy atom. The molecule has 1 aromatic carbocycles. The first-order valence-corrected chi connectivity index (χ1v) is 18.5. The fraction of sp³-hybridized carbons (Fsp3) is 0.500. The quantitative estimate of drug-likeness (QED) is 0.0737. The minimum atomic E-state index is -1.64. The number of thiazole rings is 1. The van der Waals surface area contributed by atoms with Crippen LogP contribution >= 0.6 is 34.7 Å². The maximum atomic E-state index is 13.8. The van der Waals surface area contributed by atoms with Gasteiger partial charge in [-0.15, -0.1) is 34.7 Å². The maximum absolute atomic E-state index is 13.8. The van der Waals surface area contributed by atoms with E-state index in [1.54, 1.807) is 72.9 Å². The summed E-state index contributed by atoms with van der Waals surface area (Å²) in [6.45, 7) is 13.0. The molecule has 2 aromatic rings. The molecule has 0 unspecified atom stereocenters. The number of β-lactam (4-membered cyclic amide) rings is 1. The smallest absolute Gasteiger partial charge is 0.413 e. The van der Waals surface area contributed by atoms with Crippen LogP contribution in [0.25, 0.3) is 0 Å². The average molecular weight is 780 g/mol. The second-order valence-corrected chi connectivity index (χ2v) is 16.3. The molecule has 0 bridgehead atoms. The molecule has 1 saturated heterocycles. The Kier molecular flexibility index (Phi) is 12.5. The second-order valence-electron chi connectivity index (χ2n) is 14.1. The molecule has 2 N–H and O–H groups in total. The van der Waals surface area contributed by atoms with Gasteiger partial charge in [-0.3, -0.25) is 19.8 Å². The molecule has 2 aliphatic rings. The molecule has 52 heavy (non-hydrogen) atoms. The highest BCUT2D eigenvalue weighted by Crippen LogP contribution is 2.41. The molecule has 0 aliphatic carbocycles. The minimum Gasteiger partial charge on any atom is -0.497 e. The molecule has 4 rings (SSSR count). The van der Waals surface area contributed by atoms with Crippen LogP contribution in [0.2, 0.25) is 0 Å². The molecule has 18 heteroatoms. The van der Waals surface area contributed by atoms with E-state index in [4.69, 9.17) is 35.4 Å². The predicted octanol–water partition coefficient (Wildman–Crippen LogP) is 4.98. The van der Waals surface area contributed by atoms with Crippen molar-refractivity contribution >= 4 is 75.4 Å². The van der Waals surface area contributed by atoms with Gasteiger partial charge in [0.15, 0.2) is 10.8 Å². The zero-order chi connectivity index (χ0) is 38.6. The van der Waals surface area contributed by atoms with E-state index >= 15 is 0 Å². The number of aromatic nitrogens is 1. The lowest BCUT2D eigenvalue weighted by Gasteiger charge is -2.49. The Bertz CT molecular complexity index is 1760. The Morgan fingerprint density at radius 1 is 1.02 bits per heavy atom. The number of fused-ring (bicyclic) bond motifs is 1. The summed E-state index contributed by atoms with van der Waals surface area (Å²) in [6.07, 6.45) is -0.768. The number of halogens is 1. The zero-order valence-corrected chi connectivity index (χ0v) is 32.7. The largest absolute Gasteiger partial charge is 0.497 e. The van der Waals surface area contributed by atoms with Crippen LogP contribution in [-0.2, 0) is 44.8 Å². The summed E-state index contributed by atoms with van der Waals surface area (Å²) in [4.78, 5) is 77.1. The number of alkyl halides is 1. The molecule has 2 aliphatic heterocycles. The number of benzene rings is 1. The number of methoxy groups -OCH3 is 1. The number of hydrogen-bond acceptors (Lipinski definition) is 14. The molecule has 0 spiro atoms. The molecule has 3 amide bonds. The highest BCUT2D eigenvalue weighted by molar-refractivity contribution is 8.00. The number of amides is 3. The van der Waals surface area contributed by atoms with Crippen molar-refractivity contribution in [2.24, 2.45) is 5.16 Å². The van der Waals surface area contributed by atoms with Gasteiger partial charge in [-0.1, -0.05) is 17.3 Å². The van der Waals surface area contributed by atoms with Crippen LogP contribution < -0.4 is 15.4 Å². The van der Waals surface area contributed by atoms with Gasteiger partial charge in [0, 0.05) is 17.0 Å². The lowest BCUT2D eigenvalue weighted by Crippen LogP contribution is -2.71. The second kappa shape index (κ2) is 16.1. The van der Waals surface area contributed by atoms with Crippen LogP contribution in [0.4, 0.5) is 9.93 Å². The van der Waals surface area contributed by atoms with Crippen molar-refractivity contribution in [3.63, 3.8) is 0 Å². The molecular formula is C34H42ClN5O10S2. The summed E-state index contributed by atoms with van der Waals surface area (Å²) >= 11 is 8.46. The van der Waals surface area contributed by atoms with Gasteiger partial charge < -0.3 is 29.1 Å². The third-order valence-corrected chi connectivity index (χ3v) is 9.46. The van der Waals surface area contributed by atoms with E-state index in [1.165, 1.54) is 35.9 Å². The monoisotopic (exact) mass is 779 g/mol. The normalized spacial score (nSPS) is 17.8. The molecule has 0 saturated carbocycles. The highest BCUT2D eigenvalue weighted by atomic mass is 35.5. The van der Waals surface area contributed by atoms with Crippen molar-refractivity contribution < 1.29 is 47.8 Å². The van der Waals surface area contributed by atoms with Crippen molar-refractivity contribution in [1.29, 1.82) is 0 Å². The first-order chi connectivity index (χ1) is 24.2. The van der Waals surface area contributed by atoms with E-state index in [2.05, 4.69) is 20.8 Å². The number of rotatable bonds is 12. The van der Waals surface area contributed by atoms with Crippen LogP contribution in [0.3, 0.4) is 0 Å². The third kappa shape index (κ3) is 10.2. The molecule has 0 radical (unpaired) electrons. The van der Waals surface area contributed by atoms with E-state index < -0.39 is 63.8 Å². The van der Waals surface area contributed by atoms with E-state index in [1.807, 2.05) is 0 Å². The molecule has 1 fully saturated rings. The number of thioether (sulfide) groups is 1. The van der Waals surface area contributed by atoms with Gasteiger partial charge in [-0.05, 0) is 78.7 Å². The molecule has 282 valence electrons. The Labute approximate surface area is 314 Å². The van der Waals surface area contributed by atoms with Crippen LogP contribution in [-0.4, -0.2) is 92.4 Å². The summed E-state index contributed by atoms with van der Waals surface area (Å²) in [6, 6.07) is 5.88. The first-order valence-electron chi connectivity index (χ1n) is 16.0. The minimum absolute atomic E-state index is 0.0153. The Balaban J connectivity index is 1.54. The molecule has 3 heterocycles. The van der Waals surface area contributed by atoms with Gasteiger partial charge in [0.25, 0.3) is 11.8 Å². The number of nitrogens with one attached hydrogen (secondary N) is 2. The van der Waals surface area contributed by atoms with Gasteiger partial charge >= 0.3 is 18.0 Å².